The van der Waals surface area contributed by atoms with E-state index in [4.69, 9.17) is 10.5 Å². The molecule has 0 heterocycles. The highest BCUT2D eigenvalue weighted by Gasteiger charge is 2.40. The van der Waals surface area contributed by atoms with E-state index in [1.807, 2.05) is 6.92 Å². The van der Waals surface area contributed by atoms with E-state index in [1.165, 1.54) is 12.1 Å². The Hall–Kier alpha value is -2.37. The van der Waals surface area contributed by atoms with Gasteiger partial charge in [-0.2, -0.15) is 0 Å². The van der Waals surface area contributed by atoms with Crippen molar-refractivity contribution < 1.29 is 19.1 Å². The minimum Gasteiger partial charge on any atom is -0.455 e. The lowest BCUT2D eigenvalue weighted by atomic mass is 10.2. The zero-order chi connectivity index (χ0) is 14.7. The molecule has 2 unspecified atom stereocenters. The average Bonchev–Trinajstić information content (AvgIpc) is 3.14. The number of nitrogens with two attached hydrogens (primary N) is 1. The molecule has 0 bridgehead atoms. The third kappa shape index (κ3) is 3.57. The van der Waals surface area contributed by atoms with Crippen molar-refractivity contribution >= 4 is 23.5 Å². The molecule has 1 fully saturated rings. The van der Waals surface area contributed by atoms with Crippen LogP contribution in [0.15, 0.2) is 24.3 Å². The van der Waals surface area contributed by atoms with Gasteiger partial charge in [0.05, 0.1) is 5.92 Å². The van der Waals surface area contributed by atoms with Gasteiger partial charge in [0.1, 0.15) is 0 Å². The predicted octanol–water partition coefficient (Wildman–Crippen LogP) is 0.923. The number of rotatable bonds is 5. The third-order valence-electron chi connectivity index (χ3n) is 3.21. The van der Waals surface area contributed by atoms with Gasteiger partial charge >= 0.3 is 5.97 Å². The van der Waals surface area contributed by atoms with Crippen molar-refractivity contribution in [1.82, 2.24) is 0 Å². The second-order valence-electron chi connectivity index (χ2n) is 4.92. The maximum atomic E-state index is 11.6. The summed E-state index contributed by atoms with van der Waals surface area (Å²) in [6.45, 7) is 1.66. The monoisotopic (exact) mass is 276 g/mol. The van der Waals surface area contributed by atoms with Crippen molar-refractivity contribution in [3.63, 3.8) is 0 Å². The van der Waals surface area contributed by atoms with E-state index in [2.05, 4.69) is 5.32 Å². The fraction of sp³-hybridized carbons (Fsp3) is 0.357. The van der Waals surface area contributed by atoms with Crippen LogP contribution in [-0.4, -0.2) is 24.4 Å². The highest BCUT2D eigenvalue weighted by Crippen LogP contribution is 2.38. The fourth-order valence-electron chi connectivity index (χ4n) is 1.81. The third-order valence-corrected chi connectivity index (χ3v) is 3.21. The van der Waals surface area contributed by atoms with Gasteiger partial charge in [0.2, 0.25) is 5.91 Å². The van der Waals surface area contributed by atoms with Gasteiger partial charge < -0.3 is 15.8 Å². The van der Waals surface area contributed by atoms with Gasteiger partial charge in [0.15, 0.2) is 6.61 Å². The van der Waals surface area contributed by atoms with Crippen LogP contribution in [0.3, 0.4) is 0 Å². The standard InChI is InChI=1S/C14H16N2O4/c1-8-6-11(8)14(19)20-7-12(17)16-10-4-2-9(3-5-10)13(15)18/h2-5,8,11H,6-7H2,1H3,(H2,15,18)(H,16,17). The van der Waals surface area contributed by atoms with Gasteiger partial charge in [-0.3, -0.25) is 14.4 Å². The van der Waals surface area contributed by atoms with Crippen molar-refractivity contribution in [2.24, 2.45) is 17.6 Å². The van der Waals surface area contributed by atoms with Gasteiger partial charge in [-0.25, -0.2) is 0 Å². The highest BCUT2D eigenvalue weighted by molar-refractivity contribution is 5.95. The Morgan fingerprint density at radius 1 is 1.30 bits per heavy atom. The van der Waals surface area contributed by atoms with Crippen LogP contribution in [0.1, 0.15) is 23.7 Å². The summed E-state index contributed by atoms with van der Waals surface area (Å²) < 4.78 is 4.91. The first-order chi connectivity index (χ1) is 9.47. The van der Waals surface area contributed by atoms with Crippen LogP contribution in [0.2, 0.25) is 0 Å². The maximum Gasteiger partial charge on any atom is 0.309 e. The van der Waals surface area contributed by atoms with Crippen LogP contribution in [0, 0.1) is 11.8 Å². The Morgan fingerprint density at radius 2 is 1.90 bits per heavy atom. The lowest BCUT2D eigenvalue weighted by molar-refractivity contribution is -0.148. The number of esters is 1. The van der Waals surface area contributed by atoms with Gasteiger partial charge in [0.25, 0.3) is 5.91 Å². The number of hydrogen-bond acceptors (Lipinski definition) is 4. The Morgan fingerprint density at radius 3 is 2.40 bits per heavy atom. The molecule has 6 heteroatoms. The van der Waals surface area contributed by atoms with Crippen molar-refractivity contribution in [2.75, 3.05) is 11.9 Å². The fourth-order valence-corrected chi connectivity index (χ4v) is 1.81. The van der Waals surface area contributed by atoms with E-state index in [0.717, 1.165) is 6.42 Å². The van der Waals surface area contributed by atoms with E-state index in [9.17, 15) is 14.4 Å². The second-order valence-corrected chi connectivity index (χ2v) is 4.92. The minimum atomic E-state index is -0.532. The Kier molecular flexibility index (Phi) is 4.02. The molecule has 1 aliphatic carbocycles. The first-order valence-corrected chi connectivity index (χ1v) is 6.33. The molecule has 20 heavy (non-hydrogen) atoms. The number of ether oxygens (including phenoxy) is 1. The summed E-state index contributed by atoms with van der Waals surface area (Å²) >= 11 is 0. The van der Waals surface area contributed by atoms with Crippen LogP contribution in [0.25, 0.3) is 0 Å². The molecule has 0 saturated heterocycles. The molecule has 2 rings (SSSR count). The minimum absolute atomic E-state index is 0.0577. The smallest absolute Gasteiger partial charge is 0.309 e. The molecule has 0 spiro atoms. The summed E-state index contributed by atoms with van der Waals surface area (Å²) in [7, 11) is 0. The Bertz CT molecular complexity index is 539. The predicted molar refractivity (Wildman–Crippen MR) is 71.8 cm³/mol. The van der Waals surface area contributed by atoms with E-state index >= 15 is 0 Å². The number of primary amides is 1. The summed E-state index contributed by atoms with van der Waals surface area (Å²) in [4.78, 5) is 33.9. The molecule has 6 nitrogen and oxygen atoms in total. The molecule has 2 atom stereocenters. The highest BCUT2D eigenvalue weighted by atomic mass is 16.5. The molecule has 3 N–H and O–H groups in total. The zero-order valence-electron chi connectivity index (χ0n) is 11.1. The number of hydrogen-bond donors (Lipinski definition) is 2. The van der Waals surface area contributed by atoms with E-state index in [1.54, 1.807) is 12.1 Å². The summed E-state index contributed by atoms with van der Waals surface area (Å²) in [5, 5.41) is 2.57. The summed E-state index contributed by atoms with van der Waals surface area (Å²) in [6, 6.07) is 6.14. The molecule has 1 aromatic rings. The van der Waals surface area contributed by atoms with Gasteiger partial charge in [-0.05, 0) is 36.6 Å². The Labute approximate surface area is 116 Å². The second kappa shape index (κ2) is 5.73. The molecule has 1 aromatic carbocycles. The molecular weight excluding hydrogens is 260 g/mol. The average molecular weight is 276 g/mol. The maximum absolute atomic E-state index is 11.6. The number of anilines is 1. The summed E-state index contributed by atoms with van der Waals surface area (Å²) in [6.07, 6.45) is 0.828. The number of amides is 2. The Balaban J connectivity index is 1.79. The van der Waals surface area contributed by atoms with Crippen LogP contribution in [0.4, 0.5) is 5.69 Å². The largest absolute Gasteiger partial charge is 0.455 e. The van der Waals surface area contributed by atoms with Crippen LogP contribution < -0.4 is 11.1 Å². The number of carbonyl (C=O) groups is 3. The van der Waals surface area contributed by atoms with E-state index in [0.29, 0.717) is 17.2 Å². The molecule has 0 radical (unpaired) electrons. The van der Waals surface area contributed by atoms with Crippen molar-refractivity contribution in [3.05, 3.63) is 29.8 Å². The number of carbonyl (C=O) groups excluding carboxylic acids is 3. The zero-order valence-corrected chi connectivity index (χ0v) is 11.1. The first kappa shape index (κ1) is 14.0. The lowest BCUT2D eigenvalue weighted by Gasteiger charge is -2.06. The van der Waals surface area contributed by atoms with Crippen LogP contribution in [-0.2, 0) is 14.3 Å². The lowest BCUT2D eigenvalue weighted by Crippen LogP contribution is -2.21. The van der Waals surface area contributed by atoms with Crippen molar-refractivity contribution in [2.45, 2.75) is 13.3 Å². The molecule has 1 saturated carbocycles. The molecule has 106 valence electrons. The molecule has 1 aliphatic rings. The van der Waals surface area contributed by atoms with Gasteiger partial charge in [-0.1, -0.05) is 6.92 Å². The van der Waals surface area contributed by atoms with Crippen molar-refractivity contribution in [3.8, 4) is 0 Å². The molecule has 2 amide bonds. The number of nitrogens with one attached hydrogen (secondary N) is 1. The summed E-state index contributed by atoms with van der Waals surface area (Å²) in [5.74, 6) is -0.977. The quantitative estimate of drug-likeness (QED) is 0.781. The SMILES string of the molecule is CC1CC1C(=O)OCC(=O)Nc1ccc(C(N)=O)cc1. The topological polar surface area (TPSA) is 98.5 Å². The van der Waals surface area contributed by atoms with Crippen molar-refractivity contribution in [1.29, 1.82) is 0 Å². The normalized spacial score (nSPS) is 20.1. The van der Waals surface area contributed by atoms with E-state index in [-0.39, 0.29) is 18.5 Å². The van der Waals surface area contributed by atoms with E-state index < -0.39 is 11.8 Å². The molecule has 0 aliphatic heterocycles. The molecule has 0 aromatic heterocycles. The van der Waals surface area contributed by atoms with Gasteiger partial charge in [-0.15, -0.1) is 0 Å². The number of benzene rings is 1. The molecular formula is C14H16N2O4. The van der Waals surface area contributed by atoms with Gasteiger partial charge in [0, 0.05) is 11.3 Å². The first-order valence-electron chi connectivity index (χ1n) is 6.33. The van der Waals surface area contributed by atoms with Crippen LogP contribution in [0.5, 0.6) is 0 Å². The summed E-state index contributed by atoms with van der Waals surface area (Å²) in [5.41, 5.74) is 5.98. The van der Waals surface area contributed by atoms with Crippen LogP contribution >= 0.6 is 0 Å².